The molecule has 120 valence electrons. The van der Waals surface area contributed by atoms with Gasteiger partial charge in [0, 0.05) is 17.5 Å². The number of morpholine rings is 1. The number of carbonyl (C=O) groups excluding carboxylic acids is 1. The average molecular weight is 332 g/mol. The van der Waals surface area contributed by atoms with Crippen molar-refractivity contribution < 1.29 is 19.4 Å². The number of hydrogen-bond acceptors (Lipinski definition) is 5. The van der Waals surface area contributed by atoms with Crippen molar-refractivity contribution in [1.29, 1.82) is 0 Å². The molecule has 1 unspecified atom stereocenters. The van der Waals surface area contributed by atoms with E-state index < -0.39 is 12.0 Å². The van der Waals surface area contributed by atoms with Crippen molar-refractivity contribution >= 4 is 23.2 Å². The number of carboxylic acids is 1. The van der Waals surface area contributed by atoms with Crippen LogP contribution in [0, 0.1) is 0 Å². The fraction of sp³-hybridized carbons (Fsp3) is 0.312. The summed E-state index contributed by atoms with van der Waals surface area (Å²) in [6.07, 6.45) is 0.104. The normalized spacial score (nSPS) is 17.9. The molecule has 1 aliphatic heterocycles. The van der Waals surface area contributed by atoms with Crippen molar-refractivity contribution in [2.24, 2.45) is 0 Å². The number of amides is 1. The second-order valence-electron chi connectivity index (χ2n) is 5.20. The van der Waals surface area contributed by atoms with Crippen LogP contribution >= 0.6 is 11.3 Å². The van der Waals surface area contributed by atoms with Crippen LogP contribution in [0.2, 0.25) is 0 Å². The van der Waals surface area contributed by atoms with E-state index in [0.29, 0.717) is 18.8 Å². The van der Waals surface area contributed by atoms with Crippen LogP contribution in [-0.4, -0.2) is 52.7 Å². The third-order valence-electron chi connectivity index (χ3n) is 3.64. The monoisotopic (exact) mass is 332 g/mol. The van der Waals surface area contributed by atoms with E-state index in [1.807, 2.05) is 35.7 Å². The van der Waals surface area contributed by atoms with E-state index in [-0.39, 0.29) is 18.9 Å². The van der Waals surface area contributed by atoms with Gasteiger partial charge in [-0.3, -0.25) is 4.79 Å². The number of thiazole rings is 1. The first-order chi connectivity index (χ1) is 11.1. The molecular formula is C16H16N2O4S. The van der Waals surface area contributed by atoms with Gasteiger partial charge in [-0.05, 0) is 0 Å². The smallest absolute Gasteiger partial charge is 0.328 e. The minimum Gasteiger partial charge on any atom is -0.480 e. The first kappa shape index (κ1) is 15.6. The largest absolute Gasteiger partial charge is 0.480 e. The Bertz CT molecular complexity index is 701. The van der Waals surface area contributed by atoms with Gasteiger partial charge in [-0.15, -0.1) is 11.3 Å². The summed E-state index contributed by atoms with van der Waals surface area (Å²) in [7, 11) is 0. The summed E-state index contributed by atoms with van der Waals surface area (Å²) in [5, 5.41) is 11.9. The number of aliphatic carboxylic acids is 1. The summed E-state index contributed by atoms with van der Waals surface area (Å²) >= 11 is 1.48. The summed E-state index contributed by atoms with van der Waals surface area (Å²) in [5.74, 6) is -1.27. The lowest BCUT2D eigenvalue weighted by molar-refractivity contribution is -0.158. The van der Waals surface area contributed by atoms with Gasteiger partial charge in [0.25, 0.3) is 0 Å². The summed E-state index contributed by atoms with van der Waals surface area (Å²) in [4.78, 5) is 29.5. The molecule has 0 radical (unpaired) electrons. The van der Waals surface area contributed by atoms with E-state index in [1.54, 1.807) is 0 Å². The predicted molar refractivity (Wildman–Crippen MR) is 85.2 cm³/mol. The minimum absolute atomic E-state index is 0.0351. The number of rotatable bonds is 4. The minimum atomic E-state index is -1.04. The molecule has 0 aliphatic carbocycles. The van der Waals surface area contributed by atoms with Gasteiger partial charge in [0.15, 0.2) is 6.04 Å². The van der Waals surface area contributed by atoms with E-state index in [0.717, 1.165) is 10.6 Å². The SMILES string of the molecule is O=C(O)C1COCCN1C(=O)Cc1csc(-c2ccccc2)n1. The third kappa shape index (κ3) is 3.57. The molecule has 1 aliphatic rings. The fourth-order valence-corrected chi connectivity index (χ4v) is 3.29. The maximum atomic E-state index is 12.4. The molecule has 1 fully saturated rings. The second-order valence-corrected chi connectivity index (χ2v) is 6.06. The highest BCUT2D eigenvalue weighted by Crippen LogP contribution is 2.24. The Morgan fingerprint density at radius 2 is 2.13 bits per heavy atom. The molecule has 0 spiro atoms. The Morgan fingerprint density at radius 3 is 2.87 bits per heavy atom. The van der Waals surface area contributed by atoms with Crippen molar-refractivity contribution in [3.63, 3.8) is 0 Å². The highest BCUT2D eigenvalue weighted by atomic mass is 32.1. The zero-order valence-corrected chi connectivity index (χ0v) is 13.2. The molecule has 1 atom stereocenters. The molecule has 1 aromatic carbocycles. The molecule has 0 bridgehead atoms. The Labute approximate surface area is 137 Å². The van der Waals surface area contributed by atoms with Crippen LogP contribution in [0.15, 0.2) is 35.7 Å². The maximum Gasteiger partial charge on any atom is 0.328 e. The Kier molecular flexibility index (Phi) is 4.68. The molecule has 1 aromatic heterocycles. The third-order valence-corrected chi connectivity index (χ3v) is 4.58. The van der Waals surface area contributed by atoms with E-state index >= 15 is 0 Å². The number of aromatic nitrogens is 1. The fourth-order valence-electron chi connectivity index (χ4n) is 2.46. The van der Waals surface area contributed by atoms with Crippen LogP contribution in [0.5, 0.6) is 0 Å². The van der Waals surface area contributed by atoms with Crippen LogP contribution in [-0.2, 0) is 20.7 Å². The summed E-state index contributed by atoms with van der Waals surface area (Å²) < 4.78 is 5.15. The average Bonchev–Trinajstić information content (AvgIpc) is 3.04. The number of hydrogen-bond donors (Lipinski definition) is 1. The van der Waals surface area contributed by atoms with Gasteiger partial charge in [0.1, 0.15) is 5.01 Å². The topological polar surface area (TPSA) is 79.7 Å². The van der Waals surface area contributed by atoms with E-state index in [2.05, 4.69) is 4.98 Å². The first-order valence-electron chi connectivity index (χ1n) is 7.25. The number of ether oxygens (including phenoxy) is 1. The van der Waals surface area contributed by atoms with E-state index in [4.69, 9.17) is 4.74 Å². The molecule has 2 aromatic rings. The van der Waals surface area contributed by atoms with Crippen molar-refractivity contribution in [2.45, 2.75) is 12.5 Å². The van der Waals surface area contributed by atoms with Crippen LogP contribution in [0.25, 0.3) is 10.6 Å². The molecule has 1 N–H and O–H groups in total. The zero-order chi connectivity index (χ0) is 16.2. The standard InChI is InChI=1S/C16H16N2O4S/c19-14(18-6-7-22-9-13(18)16(20)21)8-12-10-23-15(17-12)11-4-2-1-3-5-11/h1-5,10,13H,6-9H2,(H,20,21). The molecule has 1 amide bonds. The van der Waals surface area contributed by atoms with Gasteiger partial charge in [-0.2, -0.15) is 0 Å². The highest BCUT2D eigenvalue weighted by Gasteiger charge is 2.32. The maximum absolute atomic E-state index is 12.4. The zero-order valence-electron chi connectivity index (χ0n) is 12.3. The van der Waals surface area contributed by atoms with Gasteiger partial charge >= 0.3 is 5.97 Å². The quantitative estimate of drug-likeness (QED) is 0.921. The predicted octanol–water partition coefficient (Wildman–Crippen LogP) is 1.66. The van der Waals surface area contributed by atoms with Crippen LogP contribution in [0.3, 0.4) is 0 Å². The lowest BCUT2D eigenvalue weighted by Crippen LogP contribution is -2.53. The van der Waals surface area contributed by atoms with Crippen molar-refractivity contribution in [3.05, 3.63) is 41.4 Å². The number of carbonyl (C=O) groups is 2. The van der Waals surface area contributed by atoms with Crippen molar-refractivity contribution in [1.82, 2.24) is 9.88 Å². The second kappa shape index (κ2) is 6.89. The Morgan fingerprint density at radius 1 is 1.35 bits per heavy atom. The van der Waals surface area contributed by atoms with Crippen LogP contribution in [0.4, 0.5) is 0 Å². The van der Waals surface area contributed by atoms with Crippen LogP contribution in [0.1, 0.15) is 5.69 Å². The summed E-state index contributed by atoms with van der Waals surface area (Å²) in [6.45, 7) is 0.695. The molecular weight excluding hydrogens is 316 g/mol. The Balaban J connectivity index is 1.70. The van der Waals surface area contributed by atoms with E-state index in [1.165, 1.54) is 16.2 Å². The van der Waals surface area contributed by atoms with Crippen molar-refractivity contribution in [2.75, 3.05) is 19.8 Å². The molecule has 6 nitrogen and oxygen atoms in total. The Hall–Kier alpha value is -2.25. The van der Waals surface area contributed by atoms with Gasteiger partial charge in [0.05, 0.1) is 25.3 Å². The lowest BCUT2D eigenvalue weighted by atomic mass is 10.2. The van der Waals surface area contributed by atoms with Gasteiger partial charge < -0.3 is 14.7 Å². The van der Waals surface area contributed by atoms with E-state index in [9.17, 15) is 14.7 Å². The summed E-state index contributed by atoms with van der Waals surface area (Å²) in [5.41, 5.74) is 1.67. The van der Waals surface area contributed by atoms with Crippen LogP contribution < -0.4 is 0 Å². The number of benzene rings is 1. The molecule has 23 heavy (non-hydrogen) atoms. The molecule has 3 rings (SSSR count). The lowest BCUT2D eigenvalue weighted by Gasteiger charge is -2.32. The van der Waals surface area contributed by atoms with Gasteiger partial charge in [-0.25, -0.2) is 9.78 Å². The molecule has 0 saturated carbocycles. The first-order valence-corrected chi connectivity index (χ1v) is 8.13. The molecule has 1 saturated heterocycles. The number of carboxylic acid groups (broad SMARTS) is 1. The van der Waals surface area contributed by atoms with Crippen molar-refractivity contribution in [3.8, 4) is 10.6 Å². The van der Waals surface area contributed by atoms with Gasteiger partial charge in [0.2, 0.25) is 5.91 Å². The molecule has 7 heteroatoms. The highest BCUT2D eigenvalue weighted by molar-refractivity contribution is 7.13. The number of nitrogens with zero attached hydrogens (tertiary/aromatic N) is 2. The van der Waals surface area contributed by atoms with Gasteiger partial charge in [-0.1, -0.05) is 30.3 Å². The summed E-state index contributed by atoms with van der Waals surface area (Å²) in [6, 6.07) is 8.83. The molecule has 2 heterocycles.